The zero-order valence-electron chi connectivity index (χ0n) is 15.4. The second kappa shape index (κ2) is 7.23. The van der Waals surface area contributed by atoms with E-state index in [1.807, 2.05) is 54.6 Å². The van der Waals surface area contributed by atoms with E-state index in [2.05, 4.69) is 0 Å². The minimum Gasteiger partial charge on any atom is -0.480 e. The number of anilines is 1. The molecule has 1 N–H and O–H groups in total. The molecule has 1 heterocycles. The summed E-state index contributed by atoms with van der Waals surface area (Å²) in [4.78, 5) is 39.8. The molecule has 0 saturated heterocycles. The van der Waals surface area contributed by atoms with Crippen LogP contribution < -0.4 is 4.90 Å². The number of carbonyl (C=O) groups is 3. The van der Waals surface area contributed by atoms with E-state index in [-0.39, 0.29) is 18.2 Å². The zero-order valence-corrected chi connectivity index (χ0v) is 15.4. The van der Waals surface area contributed by atoms with Crippen molar-refractivity contribution in [3.05, 3.63) is 65.7 Å². The second-order valence-corrected chi connectivity index (χ2v) is 6.95. The van der Waals surface area contributed by atoms with Crippen molar-refractivity contribution in [3.8, 4) is 0 Å². The molecule has 0 aromatic heterocycles. The number of carbonyl (C=O) groups excluding carboxylic acids is 2. The van der Waals surface area contributed by atoms with Crippen LogP contribution in [0.2, 0.25) is 0 Å². The quantitative estimate of drug-likeness (QED) is 0.849. The largest absolute Gasteiger partial charge is 0.480 e. The van der Waals surface area contributed by atoms with E-state index < -0.39 is 17.9 Å². The summed E-state index contributed by atoms with van der Waals surface area (Å²) in [6.07, 6.45) is 0.298. The number of likely N-dealkylation sites (N-methyl/N-ethyl adjacent to an activating group) is 2. The molecule has 2 aromatic rings. The van der Waals surface area contributed by atoms with Crippen molar-refractivity contribution in [2.45, 2.75) is 18.3 Å². The Hall–Kier alpha value is -3.15. The van der Waals surface area contributed by atoms with Gasteiger partial charge in [0.1, 0.15) is 6.54 Å². The summed E-state index contributed by atoms with van der Waals surface area (Å²) in [5, 5.41) is 8.98. The first-order chi connectivity index (χ1) is 12.8. The van der Waals surface area contributed by atoms with Gasteiger partial charge in [0.15, 0.2) is 0 Å². The van der Waals surface area contributed by atoms with Crippen molar-refractivity contribution in [3.63, 3.8) is 0 Å². The van der Waals surface area contributed by atoms with Crippen molar-refractivity contribution in [2.24, 2.45) is 0 Å². The van der Waals surface area contributed by atoms with Gasteiger partial charge < -0.3 is 14.9 Å². The van der Waals surface area contributed by atoms with Gasteiger partial charge in [-0.15, -0.1) is 0 Å². The summed E-state index contributed by atoms with van der Waals surface area (Å²) >= 11 is 0. The molecule has 0 saturated carbocycles. The van der Waals surface area contributed by atoms with Gasteiger partial charge in [-0.2, -0.15) is 0 Å². The Morgan fingerprint density at radius 2 is 1.70 bits per heavy atom. The summed E-state index contributed by atoms with van der Waals surface area (Å²) in [7, 11) is 3.15. The van der Waals surface area contributed by atoms with Gasteiger partial charge in [-0.05, 0) is 23.6 Å². The lowest BCUT2D eigenvalue weighted by atomic mass is 9.73. The van der Waals surface area contributed by atoms with E-state index in [0.29, 0.717) is 6.42 Å². The van der Waals surface area contributed by atoms with Gasteiger partial charge >= 0.3 is 5.97 Å². The van der Waals surface area contributed by atoms with E-state index in [9.17, 15) is 14.4 Å². The molecule has 2 aromatic carbocycles. The van der Waals surface area contributed by atoms with Gasteiger partial charge in [-0.1, -0.05) is 48.5 Å². The molecule has 3 rings (SSSR count). The number of aliphatic carboxylic acids is 1. The Morgan fingerprint density at radius 3 is 2.37 bits per heavy atom. The monoisotopic (exact) mass is 366 g/mol. The first-order valence-electron chi connectivity index (χ1n) is 8.72. The fourth-order valence-electron chi connectivity index (χ4n) is 3.75. The molecule has 0 spiro atoms. The van der Waals surface area contributed by atoms with Crippen LogP contribution in [-0.2, 0) is 26.2 Å². The summed E-state index contributed by atoms with van der Waals surface area (Å²) < 4.78 is 0. The Balaban J connectivity index is 2.04. The van der Waals surface area contributed by atoms with Gasteiger partial charge in [-0.25, -0.2) is 0 Å². The first kappa shape index (κ1) is 18.6. The minimum atomic E-state index is -1.08. The maximum Gasteiger partial charge on any atom is 0.323 e. The van der Waals surface area contributed by atoms with Crippen LogP contribution in [0.25, 0.3) is 0 Å². The van der Waals surface area contributed by atoms with Crippen LogP contribution in [0.5, 0.6) is 0 Å². The predicted molar refractivity (Wildman–Crippen MR) is 102 cm³/mol. The standard InChI is InChI=1S/C21H22N2O4/c1-22(14-19(25)26)18(24)13-21(12-15-8-4-3-5-9-15)16-10-6-7-11-17(16)23(2)20(21)27/h3-11H,12-14H2,1-2H3,(H,25,26)/t21-/m1/s1. The molecule has 1 aliphatic heterocycles. The lowest BCUT2D eigenvalue weighted by Crippen LogP contribution is -2.45. The molecule has 0 radical (unpaired) electrons. The van der Waals surface area contributed by atoms with Gasteiger partial charge in [0, 0.05) is 26.2 Å². The number of carboxylic acid groups (broad SMARTS) is 1. The molecule has 6 heteroatoms. The summed E-state index contributed by atoms with van der Waals surface area (Å²) in [5.74, 6) is -1.60. The molecule has 2 amide bonds. The molecular formula is C21H22N2O4. The smallest absolute Gasteiger partial charge is 0.323 e. The predicted octanol–water partition coefficient (Wildman–Crippen LogP) is 2.08. The molecule has 1 aliphatic rings. The number of para-hydroxylation sites is 1. The van der Waals surface area contributed by atoms with Crippen LogP contribution in [0.3, 0.4) is 0 Å². The highest BCUT2D eigenvalue weighted by atomic mass is 16.4. The maximum absolute atomic E-state index is 13.3. The third-order valence-corrected chi connectivity index (χ3v) is 5.09. The van der Waals surface area contributed by atoms with Crippen molar-refractivity contribution in [1.29, 1.82) is 0 Å². The molecule has 27 heavy (non-hydrogen) atoms. The van der Waals surface area contributed by atoms with Crippen LogP contribution in [0, 0.1) is 0 Å². The average molecular weight is 366 g/mol. The van der Waals surface area contributed by atoms with E-state index in [1.165, 1.54) is 7.05 Å². The number of fused-ring (bicyclic) bond motifs is 1. The Bertz CT molecular complexity index is 881. The molecule has 0 fully saturated rings. The topological polar surface area (TPSA) is 77.9 Å². The van der Waals surface area contributed by atoms with E-state index in [1.54, 1.807) is 11.9 Å². The Labute approximate surface area is 158 Å². The number of rotatable bonds is 6. The fourth-order valence-corrected chi connectivity index (χ4v) is 3.75. The minimum absolute atomic E-state index is 0.0775. The Kier molecular flexibility index (Phi) is 4.99. The van der Waals surface area contributed by atoms with Gasteiger partial charge in [0.25, 0.3) is 0 Å². The highest BCUT2D eigenvalue weighted by Gasteiger charge is 2.51. The highest BCUT2D eigenvalue weighted by molar-refractivity contribution is 6.10. The summed E-state index contributed by atoms with van der Waals surface area (Å²) in [5.41, 5.74) is 1.49. The number of amides is 2. The lowest BCUT2D eigenvalue weighted by Gasteiger charge is -2.30. The van der Waals surface area contributed by atoms with E-state index in [0.717, 1.165) is 21.7 Å². The SMILES string of the molecule is CN(CC(=O)O)C(=O)C[C@@]1(Cc2ccccc2)C(=O)N(C)c2ccccc21. The number of carboxylic acids is 1. The van der Waals surface area contributed by atoms with Crippen LogP contribution in [0.1, 0.15) is 17.5 Å². The van der Waals surface area contributed by atoms with Crippen molar-refractivity contribution in [2.75, 3.05) is 25.5 Å². The highest BCUT2D eigenvalue weighted by Crippen LogP contribution is 2.45. The third-order valence-electron chi connectivity index (χ3n) is 5.09. The van der Waals surface area contributed by atoms with Gasteiger partial charge in [0.05, 0.1) is 5.41 Å². The molecule has 0 unspecified atom stereocenters. The molecule has 140 valence electrons. The van der Waals surface area contributed by atoms with Crippen molar-refractivity contribution >= 4 is 23.5 Å². The molecule has 1 atom stereocenters. The van der Waals surface area contributed by atoms with Crippen LogP contribution >= 0.6 is 0 Å². The normalized spacial score (nSPS) is 18.3. The van der Waals surface area contributed by atoms with Crippen LogP contribution in [0.15, 0.2) is 54.6 Å². The summed E-state index contributed by atoms with van der Waals surface area (Å²) in [6, 6.07) is 17.0. The number of hydrogen-bond donors (Lipinski definition) is 1. The average Bonchev–Trinajstić information content (AvgIpc) is 2.85. The fraction of sp³-hybridized carbons (Fsp3) is 0.286. The van der Waals surface area contributed by atoms with Crippen LogP contribution in [0.4, 0.5) is 5.69 Å². The molecule has 0 aliphatic carbocycles. The van der Waals surface area contributed by atoms with Crippen molar-refractivity contribution in [1.82, 2.24) is 4.90 Å². The molecule has 6 nitrogen and oxygen atoms in total. The number of hydrogen-bond acceptors (Lipinski definition) is 3. The number of nitrogens with zero attached hydrogens (tertiary/aromatic N) is 2. The third kappa shape index (κ3) is 3.43. The van der Waals surface area contributed by atoms with Crippen molar-refractivity contribution < 1.29 is 19.5 Å². The van der Waals surface area contributed by atoms with E-state index >= 15 is 0 Å². The Morgan fingerprint density at radius 1 is 1.07 bits per heavy atom. The number of benzene rings is 2. The van der Waals surface area contributed by atoms with Gasteiger partial charge in [0.2, 0.25) is 11.8 Å². The van der Waals surface area contributed by atoms with E-state index in [4.69, 9.17) is 5.11 Å². The maximum atomic E-state index is 13.3. The van der Waals surface area contributed by atoms with Crippen LogP contribution in [-0.4, -0.2) is 48.4 Å². The second-order valence-electron chi connectivity index (χ2n) is 6.95. The lowest BCUT2D eigenvalue weighted by molar-refractivity contribution is -0.144. The molecule has 0 bridgehead atoms. The first-order valence-corrected chi connectivity index (χ1v) is 8.72. The summed E-state index contributed by atoms with van der Waals surface area (Å²) in [6.45, 7) is -0.397. The zero-order chi connectivity index (χ0) is 19.6. The molecular weight excluding hydrogens is 344 g/mol. The van der Waals surface area contributed by atoms with Gasteiger partial charge in [-0.3, -0.25) is 14.4 Å².